The molecule has 76 valence electrons. The average Bonchev–Trinajstić information content (AvgIpc) is 2.67. The van der Waals surface area contributed by atoms with Crippen LogP contribution in [0.25, 0.3) is 10.9 Å². The van der Waals surface area contributed by atoms with Gasteiger partial charge in [0.2, 0.25) is 0 Å². The highest BCUT2D eigenvalue weighted by Gasteiger charge is 2.12. The molecule has 1 aromatic heterocycles. The number of hydrogen-bond donors (Lipinski definition) is 0. The van der Waals surface area contributed by atoms with Gasteiger partial charge in [0, 0.05) is 17.1 Å². The molecule has 2 rings (SSSR count). The van der Waals surface area contributed by atoms with E-state index in [0.717, 1.165) is 11.7 Å². The lowest BCUT2D eigenvalue weighted by Crippen LogP contribution is -2.09. The first-order valence-corrected chi connectivity index (χ1v) is 4.41. The minimum absolute atomic E-state index is 0.482. The second kappa shape index (κ2) is 3.57. The standard InChI is InChI=1S/C11H9NO3/c1-15-11(14)12-6-8(7-13)9-4-2-3-5-10(9)12/h2-7H,1H3. The summed E-state index contributed by atoms with van der Waals surface area (Å²) in [6.45, 7) is 0. The van der Waals surface area contributed by atoms with Crippen molar-refractivity contribution in [2.24, 2.45) is 0 Å². The smallest absolute Gasteiger partial charge is 0.418 e. The van der Waals surface area contributed by atoms with E-state index in [9.17, 15) is 9.59 Å². The summed E-state index contributed by atoms with van der Waals surface area (Å²) in [5.41, 5.74) is 1.16. The third kappa shape index (κ3) is 1.40. The predicted octanol–water partition coefficient (Wildman–Crippen LogP) is 2.07. The number of para-hydroxylation sites is 1. The van der Waals surface area contributed by atoms with Gasteiger partial charge in [-0.3, -0.25) is 9.36 Å². The van der Waals surface area contributed by atoms with Crippen molar-refractivity contribution in [1.29, 1.82) is 0 Å². The number of fused-ring (bicyclic) bond motifs is 1. The molecule has 1 heterocycles. The Morgan fingerprint density at radius 2 is 2.13 bits per heavy atom. The topological polar surface area (TPSA) is 48.3 Å². The van der Waals surface area contributed by atoms with Gasteiger partial charge in [0.15, 0.2) is 6.29 Å². The van der Waals surface area contributed by atoms with Gasteiger partial charge in [-0.1, -0.05) is 18.2 Å². The summed E-state index contributed by atoms with van der Waals surface area (Å²) in [7, 11) is 1.30. The number of ether oxygens (including phenoxy) is 1. The Labute approximate surface area is 86.1 Å². The molecule has 0 atom stereocenters. The number of aldehydes is 1. The van der Waals surface area contributed by atoms with Crippen LogP contribution in [-0.4, -0.2) is 24.1 Å². The third-order valence-electron chi connectivity index (χ3n) is 2.24. The second-order valence-corrected chi connectivity index (χ2v) is 3.06. The average molecular weight is 203 g/mol. The highest BCUT2D eigenvalue weighted by atomic mass is 16.5. The summed E-state index contributed by atoms with van der Waals surface area (Å²) in [6, 6.07) is 7.17. The fourth-order valence-electron chi connectivity index (χ4n) is 1.55. The van der Waals surface area contributed by atoms with Crippen molar-refractivity contribution in [3.05, 3.63) is 36.0 Å². The fourth-order valence-corrected chi connectivity index (χ4v) is 1.55. The number of rotatable bonds is 1. The number of carbonyl (C=O) groups excluding carboxylic acids is 2. The van der Waals surface area contributed by atoms with Crippen LogP contribution in [0.2, 0.25) is 0 Å². The van der Waals surface area contributed by atoms with Crippen molar-refractivity contribution in [3.63, 3.8) is 0 Å². The Kier molecular flexibility index (Phi) is 2.25. The Bertz CT molecular complexity index is 528. The van der Waals surface area contributed by atoms with Gasteiger partial charge in [-0.2, -0.15) is 0 Å². The van der Waals surface area contributed by atoms with Crippen LogP contribution in [0, 0.1) is 0 Å². The van der Waals surface area contributed by atoms with E-state index >= 15 is 0 Å². The number of hydrogen-bond acceptors (Lipinski definition) is 3. The molecule has 0 aliphatic rings. The van der Waals surface area contributed by atoms with Crippen molar-refractivity contribution < 1.29 is 14.3 Å². The van der Waals surface area contributed by atoms with E-state index < -0.39 is 6.09 Å². The molecule has 15 heavy (non-hydrogen) atoms. The summed E-state index contributed by atoms with van der Waals surface area (Å²) in [5.74, 6) is 0. The molecule has 0 saturated heterocycles. The zero-order chi connectivity index (χ0) is 10.8. The Morgan fingerprint density at radius 3 is 2.80 bits per heavy atom. The van der Waals surface area contributed by atoms with E-state index in [1.165, 1.54) is 17.9 Å². The molecule has 0 aliphatic heterocycles. The lowest BCUT2D eigenvalue weighted by Gasteiger charge is -2.00. The van der Waals surface area contributed by atoms with Crippen LogP contribution in [0.5, 0.6) is 0 Å². The van der Waals surface area contributed by atoms with Gasteiger partial charge in [-0.15, -0.1) is 0 Å². The van der Waals surface area contributed by atoms with E-state index in [0.29, 0.717) is 11.1 Å². The third-order valence-corrected chi connectivity index (χ3v) is 2.24. The maximum Gasteiger partial charge on any atom is 0.418 e. The van der Waals surface area contributed by atoms with Crippen molar-refractivity contribution in [1.82, 2.24) is 4.57 Å². The van der Waals surface area contributed by atoms with Crippen LogP contribution in [0.1, 0.15) is 10.4 Å². The molecule has 0 radical (unpaired) electrons. The Hall–Kier alpha value is -2.10. The van der Waals surface area contributed by atoms with Gasteiger partial charge in [-0.25, -0.2) is 4.79 Å². The monoisotopic (exact) mass is 203 g/mol. The molecular weight excluding hydrogens is 194 g/mol. The Balaban J connectivity index is 2.75. The molecule has 0 unspecified atom stereocenters. The number of nitrogens with zero attached hydrogens (tertiary/aromatic N) is 1. The molecule has 1 aromatic carbocycles. The lowest BCUT2D eigenvalue weighted by molar-refractivity contribution is 0.112. The van der Waals surface area contributed by atoms with Gasteiger partial charge < -0.3 is 4.74 Å². The second-order valence-electron chi connectivity index (χ2n) is 3.06. The number of carbonyl (C=O) groups is 2. The largest absolute Gasteiger partial charge is 0.452 e. The van der Waals surface area contributed by atoms with Crippen LogP contribution < -0.4 is 0 Å². The fraction of sp³-hybridized carbons (Fsp3) is 0.0909. The number of benzene rings is 1. The molecule has 0 N–H and O–H groups in total. The van der Waals surface area contributed by atoms with E-state index in [1.807, 2.05) is 6.07 Å². The molecule has 0 amide bonds. The lowest BCUT2D eigenvalue weighted by atomic mass is 10.2. The summed E-state index contributed by atoms with van der Waals surface area (Å²) in [4.78, 5) is 22.2. The molecule has 0 bridgehead atoms. The van der Waals surface area contributed by atoms with Gasteiger partial charge in [0.05, 0.1) is 12.6 Å². The normalized spacial score (nSPS) is 10.2. The van der Waals surface area contributed by atoms with Crippen LogP contribution in [0.4, 0.5) is 4.79 Å². The van der Waals surface area contributed by atoms with Gasteiger partial charge in [0.25, 0.3) is 0 Å². The first-order chi connectivity index (χ1) is 7.27. The van der Waals surface area contributed by atoms with Crippen molar-refractivity contribution >= 4 is 23.3 Å². The quantitative estimate of drug-likeness (QED) is 0.666. The SMILES string of the molecule is COC(=O)n1cc(C=O)c2ccccc21. The van der Waals surface area contributed by atoms with Crippen molar-refractivity contribution in [2.75, 3.05) is 7.11 Å². The highest BCUT2D eigenvalue weighted by Crippen LogP contribution is 2.19. The van der Waals surface area contributed by atoms with Crippen LogP contribution >= 0.6 is 0 Å². The molecule has 4 nitrogen and oxygen atoms in total. The molecular formula is C11H9NO3. The van der Waals surface area contributed by atoms with E-state index in [1.54, 1.807) is 18.2 Å². The van der Waals surface area contributed by atoms with Crippen molar-refractivity contribution in [3.8, 4) is 0 Å². The predicted molar refractivity (Wildman–Crippen MR) is 55.1 cm³/mol. The first-order valence-electron chi connectivity index (χ1n) is 4.41. The zero-order valence-corrected chi connectivity index (χ0v) is 8.14. The van der Waals surface area contributed by atoms with Crippen molar-refractivity contribution in [2.45, 2.75) is 0 Å². The first kappa shape index (κ1) is 9.45. The maximum absolute atomic E-state index is 11.4. The summed E-state index contributed by atoms with van der Waals surface area (Å²) < 4.78 is 5.93. The Morgan fingerprint density at radius 1 is 1.40 bits per heavy atom. The van der Waals surface area contributed by atoms with Gasteiger partial charge in [0.1, 0.15) is 0 Å². The molecule has 0 aliphatic carbocycles. The highest BCUT2D eigenvalue weighted by molar-refractivity contribution is 6.01. The van der Waals surface area contributed by atoms with Crippen LogP contribution in [0.3, 0.4) is 0 Å². The molecule has 0 fully saturated rings. The minimum atomic E-state index is -0.501. The molecule has 0 spiro atoms. The van der Waals surface area contributed by atoms with Crippen LogP contribution in [0.15, 0.2) is 30.5 Å². The van der Waals surface area contributed by atoms with Crippen LogP contribution in [-0.2, 0) is 4.74 Å². The van der Waals surface area contributed by atoms with E-state index in [2.05, 4.69) is 4.74 Å². The van der Waals surface area contributed by atoms with Gasteiger partial charge in [-0.05, 0) is 6.07 Å². The maximum atomic E-state index is 11.4. The summed E-state index contributed by atoms with van der Waals surface area (Å²) >= 11 is 0. The number of methoxy groups -OCH3 is 1. The molecule has 0 saturated carbocycles. The summed E-state index contributed by atoms with van der Waals surface area (Å²) in [5, 5.41) is 0.748. The number of aromatic nitrogens is 1. The molecule has 4 heteroatoms. The zero-order valence-electron chi connectivity index (χ0n) is 8.14. The summed E-state index contributed by atoms with van der Waals surface area (Å²) in [6.07, 6.45) is 1.70. The van der Waals surface area contributed by atoms with E-state index in [-0.39, 0.29) is 0 Å². The van der Waals surface area contributed by atoms with E-state index in [4.69, 9.17) is 0 Å². The minimum Gasteiger partial charge on any atom is -0.452 e. The van der Waals surface area contributed by atoms with Gasteiger partial charge >= 0.3 is 6.09 Å². The molecule has 2 aromatic rings.